The van der Waals surface area contributed by atoms with Crippen LogP contribution in [0.4, 0.5) is 0 Å². The number of carbonyl (C=O) groups is 1. The quantitative estimate of drug-likeness (QED) is 0.738. The molecule has 16 heavy (non-hydrogen) atoms. The van der Waals surface area contributed by atoms with E-state index in [1.807, 2.05) is 11.8 Å². The zero-order valence-corrected chi connectivity index (χ0v) is 10.8. The standard InChI is InChI=1S/C13H21NOS/c1-16-13-5-4-11(8-13)14-9-2-3-10(14)7-12(15)6-9/h9-11,13H,2-8H2,1H3. The molecule has 2 bridgehead atoms. The Bertz CT molecular complexity index is 278. The lowest BCUT2D eigenvalue weighted by Gasteiger charge is -2.38. The summed E-state index contributed by atoms with van der Waals surface area (Å²) >= 11 is 2.03. The van der Waals surface area contributed by atoms with Gasteiger partial charge in [0.25, 0.3) is 0 Å². The third-order valence-corrected chi connectivity index (χ3v) is 5.81. The van der Waals surface area contributed by atoms with Gasteiger partial charge in [-0.2, -0.15) is 11.8 Å². The van der Waals surface area contributed by atoms with E-state index in [0.29, 0.717) is 17.9 Å². The molecule has 2 saturated heterocycles. The Labute approximate surface area is 102 Å². The predicted molar refractivity (Wildman–Crippen MR) is 67.8 cm³/mol. The van der Waals surface area contributed by atoms with E-state index in [0.717, 1.165) is 24.1 Å². The number of rotatable bonds is 2. The minimum Gasteiger partial charge on any atom is -0.300 e. The van der Waals surface area contributed by atoms with Crippen molar-refractivity contribution in [1.29, 1.82) is 0 Å². The first kappa shape index (κ1) is 11.1. The summed E-state index contributed by atoms with van der Waals surface area (Å²) in [6.45, 7) is 0. The molecule has 2 aliphatic heterocycles. The van der Waals surface area contributed by atoms with Crippen LogP contribution in [0, 0.1) is 0 Å². The van der Waals surface area contributed by atoms with Gasteiger partial charge in [-0.05, 0) is 38.4 Å². The second-order valence-electron chi connectivity index (χ2n) is 5.60. The Kier molecular flexibility index (Phi) is 3.01. The van der Waals surface area contributed by atoms with Gasteiger partial charge in [-0.15, -0.1) is 0 Å². The zero-order chi connectivity index (χ0) is 11.1. The van der Waals surface area contributed by atoms with Crippen LogP contribution in [0.5, 0.6) is 0 Å². The average molecular weight is 239 g/mol. The van der Waals surface area contributed by atoms with Gasteiger partial charge in [-0.25, -0.2) is 0 Å². The minimum absolute atomic E-state index is 0.517. The van der Waals surface area contributed by atoms with Gasteiger partial charge in [0, 0.05) is 36.2 Å². The number of Topliss-reactive ketones (excluding diaryl/α,β-unsaturated/α-hetero) is 1. The Morgan fingerprint density at radius 2 is 1.69 bits per heavy atom. The molecule has 4 atom stereocenters. The molecule has 0 aromatic heterocycles. The van der Waals surface area contributed by atoms with E-state index in [1.165, 1.54) is 32.1 Å². The number of hydrogen-bond donors (Lipinski definition) is 0. The van der Waals surface area contributed by atoms with Crippen molar-refractivity contribution in [3.05, 3.63) is 0 Å². The van der Waals surface area contributed by atoms with Crippen molar-refractivity contribution < 1.29 is 4.79 Å². The first-order valence-corrected chi connectivity index (χ1v) is 7.88. The Balaban J connectivity index is 1.70. The fourth-order valence-corrected chi connectivity index (χ4v) is 4.79. The van der Waals surface area contributed by atoms with Crippen LogP contribution in [0.15, 0.2) is 0 Å². The molecule has 3 fully saturated rings. The van der Waals surface area contributed by atoms with Gasteiger partial charge in [0.2, 0.25) is 0 Å². The second kappa shape index (κ2) is 4.34. The molecule has 2 heterocycles. The first-order chi connectivity index (χ1) is 7.78. The molecule has 3 heteroatoms. The highest BCUT2D eigenvalue weighted by Crippen LogP contribution is 2.41. The Morgan fingerprint density at radius 3 is 2.25 bits per heavy atom. The van der Waals surface area contributed by atoms with E-state index in [-0.39, 0.29) is 0 Å². The number of fused-ring (bicyclic) bond motifs is 2. The second-order valence-corrected chi connectivity index (χ2v) is 6.74. The first-order valence-electron chi connectivity index (χ1n) is 6.60. The van der Waals surface area contributed by atoms with Crippen molar-refractivity contribution in [2.45, 2.75) is 68.3 Å². The van der Waals surface area contributed by atoms with Crippen molar-refractivity contribution in [2.75, 3.05) is 6.26 Å². The molecule has 3 rings (SSSR count). The topological polar surface area (TPSA) is 20.3 Å². The molecule has 2 nitrogen and oxygen atoms in total. The molecule has 90 valence electrons. The van der Waals surface area contributed by atoms with Crippen molar-refractivity contribution in [3.63, 3.8) is 0 Å². The lowest BCUT2D eigenvalue weighted by atomic mass is 9.98. The smallest absolute Gasteiger partial charge is 0.136 e. The van der Waals surface area contributed by atoms with E-state index < -0.39 is 0 Å². The maximum Gasteiger partial charge on any atom is 0.136 e. The predicted octanol–water partition coefficient (Wildman–Crippen LogP) is 2.47. The number of hydrogen-bond acceptors (Lipinski definition) is 3. The van der Waals surface area contributed by atoms with E-state index in [2.05, 4.69) is 11.2 Å². The van der Waals surface area contributed by atoms with Crippen LogP contribution in [0.25, 0.3) is 0 Å². The summed E-state index contributed by atoms with van der Waals surface area (Å²) in [7, 11) is 0. The molecule has 0 amide bonds. The fraction of sp³-hybridized carbons (Fsp3) is 0.923. The Hall–Kier alpha value is -0.0200. The molecule has 0 aromatic rings. The van der Waals surface area contributed by atoms with Crippen molar-refractivity contribution in [2.24, 2.45) is 0 Å². The summed E-state index contributed by atoms with van der Waals surface area (Å²) in [5.74, 6) is 0.517. The summed E-state index contributed by atoms with van der Waals surface area (Å²) in [6.07, 6.45) is 10.6. The number of carbonyl (C=O) groups excluding carboxylic acids is 1. The molecule has 1 saturated carbocycles. The van der Waals surface area contributed by atoms with Crippen LogP contribution in [0.2, 0.25) is 0 Å². The van der Waals surface area contributed by atoms with Crippen molar-refractivity contribution >= 4 is 17.5 Å². The highest BCUT2D eigenvalue weighted by atomic mass is 32.2. The van der Waals surface area contributed by atoms with E-state index in [1.54, 1.807) is 0 Å². The van der Waals surface area contributed by atoms with Crippen LogP contribution >= 0.6 is 11.8 Å². The molecule has 0 radical (unpaired) electrons. The summed E-state index contributed by atoms with van der Waals surface area (Å²) < 4.78 is 0. The summed E-state index contributed by atoms with van der Waals surface area (Å²) in [5, 5.41) is 0.877. The molecule has 3 aliphatic rings. The van der Waals surface area contributed by atoms with Crippen LogP contribution in [-0.4, -0.2) is 40.3 Å². The normalized spacial score (nSPS) is 44.2. The van der Waals surface area contributed by atoms with Crippen LogP contribution in [-0.2, 0) is 4.79 Å². The van der Waals surface area contributed by atoms with Crippen LogP contribution < -0.4 is 0 Å². The summed E-state index contributed by atoms with van der Waals surface area (Å²) in [6, 6.07) is 2.01. The van der Waals surface area contributed by atoms with E-state index in [9.17, 15) is 4.79 Å². The molecule has 1 aliphatic carbocycles. The number of nitrogens with zero attached hydrogens (tertiary/aromatic N) is 1. The molecule has 0 spiro atoms. The van der Waals surface area contributed by atoms with Gasteiger partial charge in [0.15, 0.2) is 0 Å². The molecule has 4 unspecified atom stereocenters. The highest BCUT2D eigenvalue weighted by Gasteiger charge is 2.44. The molecule has 0 N–H and O–H groups in total. The lowest BCUT2D eigenvalue weighted by molar-refractivity contribution is -0.124. The van der Waals surface area contributed by atoms with Crippen LogP contribution in [0.1, 0.15) is 44.9 Å². The lowest BCUT2D eigenvalue weighted by Crippen LogP contribution is -2.48. The summed E-state index contributed by atoms with van der Waals surface area (Å²) in [5.41, 5.74) is 0. The SMILES string of the molecule is CSC1CCC(N2C3CCC2CC(=O)C3)C1. The highest BCUT2D eigenvalue weighted by molar-refractivity contribution is 7.99. The maximum atomic E-state index is 11.6. The molecular weight excluding hydrogens is 218 g/mol. The molecular formula is C13H21NOS. The largest absolute Gasteiger partial charge is 0.300 e. The van der Waals surface area contributed by atoms with Crippen molar-refractivity contribution in [3.8, 4) is 0 Å². The summed E-state index contributed by atoms with van der Waals surface area (Å²) in [4.78, 5) is 14.3. The third kappa shape index (κ3) is 1.82. The number of thioether (sulfide) groups is 1. The van der Waals surface area contributed by atoms with Gasteiger partial charge in [0.1, 0.15) is 5.78 Å². The van der Waals surface area contributed by atoms with E-state index >= 15 is 0 Å². The van der Waals surface area contributed by atoms with Crippen molar-refractivity contribution in [1.82, 2.24) is 4.90 Å². The average Bonchev–Trinajstić information content (AvgIpc) is 2.81. The minimum atomic E-state index is 0.517. The van der Waals surface area contributed by atoms with E-state index in [4.69, 9.17) is 0 Å². The third-order valence-electron chi connectivity index (χ3n) is 4.71. The number of piperidine rings is 1. The van der Waals surface area contributed by atoms with Gasteiger partial charge < -0.3 is 0 Å². The van der Waals surface area contributed by atoms with Gasteiger partial charge in [0.05, 0.1) is 0 Å². The molecule has 0 aromatic carbocycles. The Morgan fingerprint density at radius 1 is 1.06 bits per heavy atom. The van der Waals surface area contributed by atoms with Gasteiger partial charge in [-0.3, -0.25) is 9.69 Å². The zero-order valence-electron chi connectivity index (χ0n) is 10.0. The number of ketones is 1. The monoisotopic (exact) mass is 239 g/mol. The maximum absolute atomic E-state index is 11.6. The van der Waals surface area contributed by atoms with Gasteiger partial charge >= 0.3 is 0 Å². The van der Waals surface area contributed by atoms with Gasteiger partial charge in [-0.1, -0.05) is 0 Å². The van der Waals surface area contributed by atoms with Crippen LogP contribution in [0.3, 0.4) is 0 Å². The fourth-order valence-electron chi connectivity index (χ4n) is 4.00.